The predicted octanol–water partition coefficient (Wildman–Crippen LogP) is 1.95. The molecule has 0 fully saturated rings. The zero-order valence-corrected chi connectivity index (χ0v) is 12.0. The monoisotopic (exact) mass is 264 g/mol. The highest BCUT2D eigenvalue weighted by molar-refractivity contribution is 5.77. The highest BCUT2D eigenvalue weighted by atomic mass is 16.5. The predicted molar refractivity (Wildman–Crippen MR) is 77.2 cm³/mol. The van der Waals surface area contributed by atoms with Crippen molar-refractivity contribution in [3.63, 3.8) is 0 Å². The number of amides is 1. The highest BCUT2D eigenvalue weighted by Crippen LogP contribution is 2.12. The van der Waals surface area contributed by atoms with Gasteiger partial charge in [0.05, 0.1) is 13.2 Å². The van der Waals surface area contributed by atoms with E-state index >= 15 is 0 Å². The number of ether oxygens (including phenoxy) is 1. The molecule has 0 bridgehead atoms. The fourth-order valence-electron chi connectivity index (χ4n) is 1.61. The molecule has 0 saturated carbocycles. The third kappa shape index (κ3) is 6.82. The van der Waals surface area contributed by atoms with Gasteiger partial charge in [-0.3, -0.25) is 4.79 Å². The summed E-state index contributed by atoms with van der Waals surface area (Å²) in [7, 11) is 0. The van der Waals surface area contributed by atoms with Gasteiger partial charge in [-0.15, -0.1) is 0 Å². The Bertz CT molecular complexity index is 391. The lowest BCUT2D eigenvalue weighted by molar-refractivity contribution is -0.120. The molecule has 4 nitrogen and oxygen atoms in total. The minimum atomic E-state index is 0.0367. The number of hydrogen-bond donors (Lipinski definition) is 2. The average Bonchev–Trinajstić information content (AvgIpc) is 2.37. The quantitative estimate of drug-likeness (QED) is 0.754. The second-order valence-corrected chi connectivity index (χ2v) is 4.88. The van der Waals surface area contributed by atoms with E-state index in [9.17, 15) is 4.79 Å². The summed E-state index contributed by atoms with van der Waals surface area (Å²) < 4.78 is 5.43. The summed E-state index contributed by atoms with van der Waals surface area (Å²) in [6.45, 7) is 8.50. The minimum absolute atomic E-state index is 0.0367. The first-order valence-electron chi connectivity index (χ1n) is 6.81. The van der Waals surface area contributed by atoms with E-state index in [1.807, 2.05) is 31.2 Å². The van der Waals surface area contributed by atoms with Gasteiger partial charge in [0, 0.05) is 13.1 Å². The van der Waals surface area contributed by atoms with E-state index in [0.29, 0.717) is 25.6 Å². The first-order valence-corrected chi connectivity index (χ1v) is 6.81. The van der Waals surface area contributed by atoms with Crippen molar-refractivity contribution in [2.24, 2.45) is 5.92 Å². The summed E-state index contributed by atoms with van der Waals surface area (Å²) in [5, 5.41) is 6.00. The van der Waals surface area contributed by atoms with Gasteiger partial charge in [-0.25, -0.2) is 0 Å². The minimum Gasteiger partial charge on any atom is -0.494 e. The van der Waals surface area contributed by atoms with Crippen LogP contribution in [0.4, 0.5) is 0 Å². The molecule has 1 rings (SSSR count). The molecule has 0 aliphatic carbocycles. The van der Waals surface area contributed by atoms with Crippen molar-refractivity contribution in [1.82, 2.24) is 10.6 Å². The number of benzene rings is 1. The number of carbonyl (C=O) groups excluding carboxylic acids is 1. The standard InChI is InChI=1S/C15H24N2O2/c1-4-19-14-7-5-6-13(8-14)10-16-11-15(18)17-9-12(2)3/h5-8,12,16H,4,9-11H2,1-3H3,(H,17,18). The molecule has 106 valence electrons. The molecule has 0 spiro atoms. The molecule has 0 aliphatic heterocycles. The van der Waals surface area contributed by atoms with E-state index in [0.717, 1.165) is 17.9 Å². The molecule has 0 aliphatic rings. The van der Waals surface area contributed by atoms with Crippen LogP contribution < -0.4 is 15.4 Å². The van der Waals surface area contributed by atoms with Crippen LogP contribution in [0.3, 0.4) is 0 Å². The Morgan fingerprint density at radius 2 is 2.16 bits per heavy atom. The fourth-order valence-corrected chi connectivity index (χ4v) is 1.61. The van der Waals surface area contributed by atoms with E-state index < -0.39 is 0 Å². The van der Waals surface area contributed by atoms with Crippen molar-refractivity contribution in [3.8, 4) is 5.75 Å². The van der Waals surface area contributed by atoms with Crippen LogP contribution in [0, 0.1) is 5.92 Å². The Morgan fingerprint density at radius 3 is 2.84 bits per heavy atom. The molecule has 1 aromatic rings. The number of nitrogens with one attached hydrogen (secondary N) is 2. The summed E-state index contributed by atoms with van der Waals surface area (Å²) >= 11 is 0. The Hall–Kier alpha value is -1.55. The van der Waals surface area contributed by atoms with Crippen LogP contribution >= 0.6 is 0 Å². The van der Waals surface area contributed by atoms with Gasteiger partial charge < -0.3 is 15.4 Å². The lowest BCUT2D eigenvalue weighted by atomic mass is 10.2. The SMILES string of the molecule is CCOc1cccc(CNCC(=O)NCC(C)C)c1. The van der Waals surface area contributed by atoms with Crippen LogP contribution in [0.15, 0.2) is 24.3 Å². The van der Waals surface area contributed by atoms with Crippen LogP contribution in [0.25, 0.3) is 0 Å². The lowest BCUT2D eigenvalue weighted by Gasteiger charge is -2.09. The molecule has 1 amide bonds. The zero-order chi connectivity index (χ0) is 14.1. The van der Waals surface area contributed by atoms with Crippen molar-refractivity contribution >= 4 is 5.91 Å². The third-order valence-corrected chi connectivity index (χ3v) is 2.53. The normalized spacial score (nSPS) is 10.5. The van der Waals surface area contributed by atoms with Crippen LogP contribution in [-0.2, 0) is 11.3 Å². The van der Waals surface area contributed by atoms with Crippen LogP contribution in [0.2, 0.25) is 0 Å². The van der Waals surface area contributed by atoms with Gasteiger partial charge in [0.1, 0.15) is 5.75 Å². The molecule has 0 atom stereocenters. The van der Waals surface area contributed by atoms with Gasteiger partial charge in [-0.2, -0.15) is 0 Å². The molecule has 0 radical (unpaired) electrons. The Kier molecular flexibility index (Phi) is 6.97. The summed E-state index contributed by atoms with van der Waals surface area (Å²) in [4.78, 5) is 11.5. The number of rotatable bonds is 8. The summed E-state index contributed by atoms with van der Waals surface area (Å²) in [5.74, 6) is 1.38. The topological polar surface area (TPSA) is 50.4 Å². The van der Waals surface area contributed by atoms with Gasteiger partial charge in [0.2, 0.25) is 5.91 Å². The Labute approximate surface area is 115 Å². The molecule has 0 heterocycles. The van der Waals surface area contributed by atoms with Gasteiger partial charge >= 0.3 is 0 Å². The molecule has 2 N–H and O–H groups in total. The molecule has 0 saturated heterocycles. The number of carbonyl (C=O) groups is 1. The molecular formula is C15H24N2O2. The maximum atomic E-state index is 11.5. The molecule has 0 aromatic heterocycles. The van der Waals surface area contributed by atoms with Crippen molar-refractivity contribution in [2.45, 2.75) is 27.3 Å². The van der Waals surface area contributed by atoms with Crippen molar-refractivity contribution in [2.75, 3.05) is 19.7 Å². The molecule has 19 heavy (non-hydrogen) atoms. The van der Waals surface area contributed by atoms with Gasteiger partial charge in [0.25, 0.3) is 0 Å². The van der Waals surface area contributed by atoms with E-state index in [1.54, 1.807) is 0 Å². The van der Waals surface area contributed by atoms with Crippen molar-refractivity contribution < 1.29 is 9.53 Å². The van der Waals surface area contributed by atoms with E-state index in [4.69, 9.17) is 4.74 Å². The zero-order valence-electron chi connectivity index (χ0n) is 12.0. The Balaban J connectivity index is 2.28. The maximum absolute atomic E-state index is 11.5. The summed E-state index contributed by atoms with van der Waals surface area (Å²) in [6, 6.07) is 7.90. The van der Waals surface area contributed by atoms with Crippen LogP contribution in [0.1, 0.15) is 26.3 Å². The smallest absolute Gasteiger partial charge is 0.233 e. The lowest BCUT2D eigenvalue weighted by Crippen LogP contribution is -2.35. The largest absolute Gasteiger partial charge is 0.494 e. The van der Waals surface area contributed by atoms with E-state index in [2.05, 4.69) is 24.5 Å². The van der Waals surface area contributed by atoms with E-state index in [-0.39, 0.29) is 5.91 Å². The first-order chi connectivity index (χ1) is 9.11. The first kappa shape index (κ1) is 15.5. The maximum Gasteiger partial charge on any atom is 0.233 e. The highest BCUT2D eigenvalue weighted by Gasteiger charge is 2.02. The molecule has 4 heteroatoms. The molecule has 1 aromatic carbocycles. The van der Waals surface area contributed by atoms with Crippen molar-refractivity contribution in [1.29, 1.82) is 0 Å². The van der Waals surface area contributed by atoms with E-state index in [1.165, 1.54) is 0 Å². The fraction of sp³-hybridized carbons (Fsp3) is 0.533. The second kappa shape index (κ2) is 8.53. The Morgan fingerprint density at radius 1 is 1.37 bits per heavy atom. The number of hydrogen-bond acceptors (Lipinski definition) is 3. The third-order valence-electron chi connectivity index (χ3n) is 2.53. The van der Waals surface area contributed by atoms with Gasteiger partial charge in [0.15, 0.2) is 0 Å². The second-order valence-electron chi connectivity index (χ2n) is 4.88. The van der Waals surface area contributed by atoms with Crippen LogP contribution in [-0.4, -0.2) is 25.6 Å². The summed E-state index contributed by atoms with van der Waals surface area (Å²) in [5.41, 5.74) is 1.11. The van der Waals surface area contributed by atoms with Crippen molar-refractivity contribution in [3.05, 3.63) is 29.8 Å². The summed E-state index contributed by atoms with van der Waals surface area (Å²) in [6.07, 6.45) is 0. The van der Waals surface area contributed by atoms with Crippen LogP contribution in [0.5, 0.6) is 5.75 Å². The molecule has 0 unspecified atom stereocenters. The van der Waals surface area contributed by atoms with Gasteiger partial charge in [-0.1, -0.05) is 26.0 Å². The average molecular weight is 264 g/mol. The van der Waals surface area contributed by atoms with Gasteiger partial charge in [-0.05, 0) is 30.5 Å². The molecular weight excluding hydrogens is 240 g/mol.